The SMILES string of the molecule is C=CCN(CC=C)C(c1ccc(C)o1)c1sc2nc(C)nn2c1O. The number of hydrogen-bond acceptors (Lipinski definition) is 6. The van der Waals surface area contributed by atoms with Gasteiger partial charge in [0.2, 0.25) is 10.8 Å². The van der Waals surface area contributed by atoms with Crippen molar-refractivity contribution in [2.24, 2.45) is 0 Å². The van der Waals surface area contributed by atoms with E-state index in [0.717, 1.165) is 16.4 Å². The van der Waals surface area contributed by atoms with Gasteiger partial charge >= 0.3 is 0 Å². The lowest BCUT2D eigenvalue weighted by Crippen LogP contribution is -2.29. The Morgan fingerprint density at radius 3 is 2.58 bits per heavy atom. The van der Waals surface area contributed by atoms with Crippen molar-refractivity contribution in [2.75, 3.05) is 13.1 Å². The number of nitrogens with zero attached hydrogens (tertiary/aromatic N) is 4. The molecule has 24 heavy (non-hydrogen) atoms. The van der Waals surface area contributed by atoms with Gasteiger partial charge in [0.15, 0.2) is 0 Å². The van der Waals surface area contributed by atoms with Crippen LogP contribution >= 0.6 is 11.3 Å². The number of hydrogen-bond donors (Lipinski definition) is 1. The standard InChI is InChI=1S/C17H20N4O2S/c1-5-9-20(10-6-2)14(13-8-7-11(3)23-13)15-16(22)21-17(24-15)18-12(4)19-21/h5-8,14,22H,1-2,9-10H2,3-4H3. The Balaban J connectivity index is 2.14. The third-order valence-corrected chi connectivity index (χ3v) is 4.75. The first kappa shape index (κ1) is 16.5. The van der Waals surface area contributed by atoms with E-state index in [4.69, 9.17) is 4.42 Å². The average Bonchev–Trinajstić information content (AvgIpc) is 3.19. The van der Waals surface area contributed by atoms with Crippen LogP contribution in [0.2, 0.25) is 0 Å². The zero-order valence-corrected chi connectivity index (χ0v) is 14.6. The van der Waals surface area contributed by atoms with E-state index in [0.29, 0.717) is 23.9 Å². The summed E-state index contributed by atoms with van der Waals surface area (Å²) in [6.45, 7) is 12.6. The summed E-state index contributed by atoms with van der Waals surface area (Å²) in [5.74, 6) is 2.30. The smallest absolute Gasteiger partial charge is 0.230 e. The normalized spacial score (nSPS) is 12.8. The number of aromatic nitrogens is 3. The first-order chi connectivity index (χ1) is 11.5. The van der Waals surface area contributed by atoms with Gasteiger partial charge in [-0.05, 0) is 26.0 Å². The van der Waals surface area contributed by atoms with E-state index < -0.39 is 0 Å². The molecule has 1 N–H and O–H groups in total. The van der Waals surface area contributed by atoms with Gasteiger partial charge in [-0.3, -0.25) is 4.90 Å². The Morgan fingerprint density at radius 1 is 1.33 bits per heavy atom. The highest BCUT2D eigenvalue weighted by Gasteiger charge is 2.30. The van der Waals surface area contributed by atoms with E-state index in [1.54, 1.807) is 6.92 Å². The fourth-order valence-corrected chi connectivity index (χ4v) is 3.86. The number of aromatic hydroxyl groups is 1. The third kappa shape index (κ3) is 2.88. The summed E-state index contributed by atoms with van der Waals surface area (Å²) in [5.41, 5.74) is 0. The first-order valence-electron chi connectivity index (χ1n) is 7.62. The van der Waals surface area contributed by atoms with Crippen LogP contribution in [-0.4, -0.2) is 37.7 Å². The van der Waals surface area contributed by atoms with E-state index >= 15 is 0 Å². The summed E-state index contributed by atoms with van der Waals surface area (Å²) in [6, 6.07) is 3.59. The molecule has 3 aromatic rings. The Labute approximate surface area is 144 Å². The van der Waals surface area contributed by atoms with Crippen LogP contribution in [0.1, 0.15) is 28.3 Å². The zero-order valence-electron chi connectivity index (χ0n) is 13.8. The fraction of sp³-hybridized carbons (Fsp3) is 0.294. The molecule has 0 bridgehead atoms. The van der Waals surface area contributed by atoms with Crippen molar-refractivity contribution < 1.29 is 9.52 Å². The van der Waals surface area contributed by atoms with Gasteiger partial charge in [-0.2, -0.15) is 4.52 Å². The molecule has 1 atom stereocenters. The highest BCUT2D eigenvalue weighted by atomic mass is 32.1. The molecule has 1 unspecified atom stereocenters. The molecule has 7 heteroatoms. The molecule has 0 radical (unpaired) electrons. The molecule has 0 aromatic carbocycles. The van der Waals surface area contributed by atoms with Gasteiger partial charge in [-0.25, -0.2) is 4.98 Å². The molecule has 0 saturated carbocycles. The van der Waals surface area contributed by atoms with Crippen LogP contribution < -0.4 is 0 Å². The molecule has 3 aromatic heterocycles. The molecular formula is C17H20N4O2S. The molecule has 0 aliphatic rings. The summed E-state index contributed by atoms with van der Waals surface area (Å²) in [7, 11) is 0. The molecule has 0 fully saturated rings. The summed E-state index contributed by atoms with van der Waals surface area (Å²) in [6.07, 6.45) is 3.65. The maximum absolute atomic E-state index is 10.7. The number of furan rings is 1. The van der Waals surface area contributed by atoms with Gasteiger partial charge in [-0.15, -0.1) is 18.3 Å². The molecule has 0 spiro atoms. The second kappa shape index (κ2) is 6.62. The number of thiazole rings is 1. The van der Waals surface area contributed by atoms with Crippen LogP contribution in [0, 0.1) is 13.8 Å². The Morgan fingerprint density at radius 2 is 2.04 bits per heavy atom. The minimum absolute atomic E-state index is 0.0905. The van der Waals surface area contributed by atoms with Crippen LogP contribution in [0.5, 0.6) is 5.88 Å². The van der Waals surface area contributed by atoms with Crippen LogP contribution in [0.25, 0.3) is 4.96 Å². The van der Waals surface area contributed by atoms with E-state index in [-0.39, 0.29) is 11.9 Å². The average molecular weight is 344 g/mol. The Bertz CT molecular complexity index is 867. The minimum atomic E-state index is -0.261. The maximum atomic E-state index is 10.7. The van der Waals surface area contributed by atoms with Crippen molar-refractivity contribution in [3.8, 4) is 5.88 Å². The van der Waals surface area contributed by atoms with E-state index in [9.17, 15) is 5.11 Å². The van der Waals surface area contributed by atoms with Crippen LogP contribution in [0.15, 0.2) is 41.9 Å². The summed E-state index contributed by atoms with van der Waals surface area (Å²) < 4.78 is 7.33. The quantitative estimate of drug-likeness (QED) is 0.665. The molecule has 3 heterocycles. The lowest BCUT2D eigenvalue weighted by Gasteiger charge is -2.27. The summed E-state index contributed by atoms with van der Waals surface area (Å²) in [4.78, 5) is 7.87. The lowest BCUT2D eigenvalue weighted by atomic mass is 10.1. The van der Waals surface area contributed by atoms with E-state index in [2.05, 4.69) is 28.1 Å². The van der Waals surface area contributed by atoms with Gasteiger partial charge in [0, 0.05) is 13.1 Å². The predicted octanol–water partition coefficient (Wildman–Crippen LogP) is 3.47. The van der Waals surface area contributed by atoms with Crippen molar-refractivity contribution in [2.45, 2.75) is 19.9 Å². The molecule has 126 valence electrons. The van der Waals surface area contributed by atoms with Crippen molar-refractivity contribution in [1.29, 1.82) is 0 Å². The highest BCUT2D eigenvalue weighted by Crippen LogP contribution is 2.40. The van der Waals surface area contributed by atoms with Crippen molar-refractivity contribution in [1.82, 2.24) is 19.5 Å². The lowest BCUT2D eigenvalue weighted by molar-refractivity contribution is 0.242. The largest absolute Gasteiger partial charge is 0.492 e. The number of rotatable bonds is 7. The number of aryl methyl sites for hydroxylation is 2. The van der Waals surface area contributed by atoms with Gasteiger partial charge in [-0.1, -0.05) is 23.5 Å². The van der Waals surface area contributed by atoms with E-state index in [1.165, 1.54) is 15.9 Å². The predicted molar refractivity (Wildman–Crippen MR) is 94.5 cm³/mol. The van der Waals surface area contributed by atoms with Crippen LogP contribution in [0.4, 0.5) is 0 Å². The monoisotopic (exact) mass is 344 g/mol. The van der Waals surface area contributed by atoms with Crippen LogP contribution in [-0.2, 0) is 0 Å². The van der Waals surface area contributed by atoms with E-state index in [1.807, 2.05) is 31.2 Å². The Hall–Kier alpha value is -2.38. The fourth-order valence-electron chi connectivity index (χ4n) is 2.72. The second-order valence-electron chi connectivity index (χ2n) is 5.53. The van der Waals surface area contributed by atoms with Crippen molar-refractivity contribution in [3.05, 3.63) is 59.7 Å². The summed E-state index contributed by atoms with van der Waals surface area (Å²) >= 11 is 1.41. The van der Waals surface area contributed by atoms with Gasteiger partial charge in [0.25, 0.3) is 0 Å². The second-order valence-corrected chi connectivity index (χ2v) is 6.53. The maximum Gasteiger partial charge on any atom is 0.230 e. The van der Waals surface area contributed by atoms with Gasteiger partial charge in [0.1, 0.15) is 23.4 Å². The molecule has 0 aliphatic heterocycles. The molecule has 0 saturated heterocycles. The number of fused-ring (bicyclic) bond motifs is 1. The first-order valence-corrected chi connectivity index (χ1v) is 8.44. The zero-order chi connectivity index (χ0) is 17.3. The topological polar surface area (TPSA) is 66.8 Å². The highest BCUT2D eigenvalue weighted by molar-refractivity contribution is 7.17. The van der Waals surface area contributed by atoms with Crippen molar-refractivity contribution >= 4 is 16.3 Å². The molecule has 6 nitrogen and oxygen atoms in total. The molecule has 0 amide bonds. The van der Waals surface area contributed by atoms with Gasteiger partial charge < -0.3 is 9.52 Å². The molecule has 0 aliphatic carbocycles. The molecule has 3 rings (SSSR count). The minimum Gasteiger partial charge on any atom is -0.492 e. The van der Waals surface area contributed by atoms with Gasteiger partial charge in [0.05, 0.1) is 4.88 Å². The Kier molecular flexibility index (Phi) is 4.55. The third-order valence-electron chi connectivity index (χ3n) is 3.68. The molecular weight excluding hydrogens is 324 g/mol. The van der Waals surface area contributed by atoms with Crippen molar-refractivity contribution in [3.63, 3.8) is 0 Å². The van der Waals surface area contributed by atoms with Crippen LogP contribution in [0.3, 0.4) is 0 Å². The summed E-state index contributed by atoms with van der Waals surface area (Å²) in [5, 5.41) is 14.9.